The molecule has 0 bridgehead atoms. The molecule has 2 aromatic rings. The molecule has 1 aromatic heterocycles. The van der Waals surface area contributed by atoms with Crippen LogP contribution in [0.3, 0.4) is 0 Å². The van der Waals surface area contributed by atoms with Crippen LogP contribution in [-0.4, -0.2) is 24.1 Å². The number of pyridine rings is 1. The number of hydrogen-bond donors (Lipinski definition) is 2. The zero-order chi connectivity index (χ0) is 15.1. The van der Waals surface area contributed by atoms with Crippen LogP contribution in [0.2, 0.25) is 0 Å². The minimum Gasteiger partial charge on any atom is -0.462 e. The monoisotopic (exact) mass is 285 g/mol. The highest BCUT2D eigenvalue weighted by Gasteiger charge is 2.14. The van der Waals surface area contributed by atoms with Gasteiger partial charge in [0.1, 0.15) is 0 Å². The molecule has 5 nitrogen and oxygen atoms in total. The van der Waals surface area contributed by atoms with Crippen molar-refractivity contribution in [1.82, 2.24) is 4.98 Å². The summed E-state index contributed by atoms with van der Waals surface area (Å²) in [7, 11) is 0. The smallest absolute Gasteiger partial charge is 0.340 e. The van der Waals surface area contributed by atoms with E-state index in [1.807, 2.05) is 18.2 Å². The first kappa shape index (κ1) is 14.8. The lowest BCUT2D eigenvalue weighted by molar-refractivity contribution is 0.0527. The predicted molar refractivity (Wildman–Crippen MR) is 83.2 cm³/mol. The Balaban J connectivity index is 2.06. The maximum absolute atomic E-state index is 11.9. The normalized spacial score (nSPS) is 10.1. The van der Waals surface area contributed by atoms with Crippen LogP contribution in [0.5, 0.6) is 0 Å². The Morgan fingerprint density at radius 1 is 1.29 bits per heavy atom. The summed E-state index contributed by atoms with van der Waals surface area (Å²) in [6.07, 6.45) is 2.51. The van der Waals surface area contributed by atoms with E-state index in [1.165, 1.54) is 0 Å². The van der Waals surface area contributed by atoms with Crippen LogP contribution < -0.4 is 11.1 Å². The fraction of sp³-hybridized carbons (Fsp3) is 0.250. The average molecular weight is 285 g/mol. The van der Waals surface area contributed by atoms with Crippen molar-refractivity contribution >= 4 is 17.3 Å². The lowest BCUT2D eigenvalue weighted by atomic mass is 10.1. The number of nitrogens with zero attached hydrogens (tertiary/aromatic N) is 1. The molecule has 0 spiro atoms. The molecule has 0 radical (unpaired) electrons. The molecule has 0 saturated carbocycles. The number of para-hydroxylation sites is 1. The Morgan fingerprint density at radius 3 is 2.86 bits per heavy atom. The average Bonchev–Trinajstić information content (AvgIpc) is 2.50. The third kappa shape index (κ3) is 3.95. The Morgan fingerprint density at radius 2 is 2.14 bits per heavy atom. The van der Waals surface area contributed by atoms with E-state index in [2.05, 4.69) is 10.3 Å². The summed E-state index contributed by atoms with van der Waals surface area (Å²) in [5.41, 5.74) is 8.54. The van der Waals surface area contributed by atoms with Gasteiger partial charge in [-0.15, -0.1) is 0 Å². The molecule has 0 aliphatic heterocycles. The first-order valence-electron chi connectivity index (χ1n) is 6.91. The Labute approximate surface area is 124 Å². The molecule has 0 unspecified atom stereocenters. The van der Waals surface area contributed by atoms with Gasteiger partial charge in [-0.3, -0.25) is 4.98 Å². The molecule has 1 aromatic carbocycles. The molecule has 0 fully saturated rings. The SMILES string of the molecule is CCOC(=O)c1cccc(N)c1NCCc1ccccn1. The van der Waals surface area contributed by atoms with E-state index in [4.69, 9.17) is 10.5 Å². The number of ether oxygens (including phenoxy) is 1. The standard InChI is InChI=1S/C16H19N3O2/c1-2-21-16(20)13-7-5-8-14(17)15(13)19-11-9-12-6-3-4-10-18-12/h3-8,10,19H,2,9,11,17H2,1H3. The zero-order valence-corrected chi connectivity index (χ0v) is 12.0. The van der Waals surface area contributed by atoms with E-state index < -0.39 is 0 Å². The number of aromatic nitrogens is 1. The lowest BCUT2D eigenvalue weighted by Gasteiger charge is -2.13. The summed E-state index contributed by atoms with van der Waals surface area (Å²) in [6, 6.07) is 11.0. The molecule has 0 aliphatic carbocycles. The fourth-order valence-corrected chi connectivity index (χ4v) is 2.01. The van der Waals surface area contributed by atoms with Crippen LogP contribution in [0.25, 0.3) is 0 Å². The third-order valence-electron chi connectivity index (χ3n) is 3.00. The van der Waals surface area contributed by atoms with E-state index >= 15 is 0 Å². The van der Waals surface area contributed by atoms with E-state index in [0.29, 0.717) is 30.1 Å². The van der Waals surface area contributed by atoms with Crippen LogP contribution in [0.4, 0.5) is 11.4 Å². The molecule has 1 heterocycles. The first-order valence-corrected chi connectivity index (χ1v) is 6.91. The van der Waals surface area contributed by atoms with Crippen LogP contribution in [0.15, 0.2) is 42.6 Å². The number of hydrogen-bond acceptors (Lipinski definition) is 5. The molecule has 21 heavy (non-hydrogen) atoms. The summed E-state index contributed by atoms with van der Waals surface area (Å²) in [5, 5.41) is 3.20. The van der Waals surface area contributed by atoms with Crippen LogP contribution in [-0.2, 0) is 11.2 Å². The zero-order valence-electron chi connectivity index (χ0n) is 12.0. The molecule has 5 heteroatoms. The minimum atomic E-state index is -0.370. The van der Waals surface area contributed by atoms with Gasteiger partial charge in [0.25, 0.3) is 0 Å². The molecule has 3 N–H and O–H groups in total. The maximum Gasteiger partial charge on any atom is 0.340 e. The Hall–Kier alpha value is -2.56. The van der Waals surface area contributed by atoms with Crippen LogP contribution in [0.1, 0.15) is 23.0 Å². The highest BCUT2D eigenvalue weighted by molar-refractivity contribution is 5.98. The van der Waals surface area contributed by atoms with Gasteiger partial charge in [0.2, 0.25) is 0 Å². The number of rotatable bonds is 6. The lowest BCUT2D eigenvalue weighted by Crippen LogP contribution is -2.13. The maximum atomic E-state index is 11.9. The van der Waals surface area contributed by atoms with Gasteiger partial charge in [0.05, 0.1) is 23.5 Å². The van der Waals surface area contributed by atoms with Crippen LogP contribution >= 0.6 is 0 Å². The molecule has 0 atom stereocenters. The van der Waals surface area contributed by atoms with Crippen molar-refractivity contribution in [3.8, 4) is 0 Å². The van der Waals surface area contributed by atoms with Crippen molar-refractivity contribution in [1.29, 1.82) is 0 Å². The number of nitrogens with two attached hydrogens (primary N) is 1. The molecule has 0 saturated heterocycles. The number of anilines is 2. The van der Waals surface area contributed by atoms with Crippen molar-refractivity contribution in [2.24, 2.45) is 0 Å². The van der Waals surface area contributed by atoms with E-state index in [1.54, 1.807) is 31.3 Å². The van der Waals surface area contributed by atoms with E-state index in [-0.39, 0.29) is 5.97 Å². The second kappa shape index (κ2) is 7.28. The van der Waals surface area contributed by atoms with E-state index in [9.17, 15) is 4.79 Å². The van der Waals surface area contributed by atoms with Gasteiger partial charge >= 0.3 is 5.97 Å². The Kier molecular flexibility index (Phi) is 5.15. The summed E-state index contributed by atoms with van der Waals surface area (Å²) in [4.78, 5) is 16.2. The summed E-state index contributed by atoms with van der Waals surface area (Å²) in [5.74, 6) is -0.370. The summed E-state index contributed by atoms with van der Waals surface area (Å²) < 4.78 is 5.04. The highest BCUT2D eigenvalue weighted by Crippen LogP contribution is 2.24. The number of benzene rings is 1. The number of carbonyl (C=O) groups excluding carboxylic acids is 1. The predicted octanol–water partition coefficient (Wildman–Crippen LogP) is 2.50. The summed E-state index contributed by atoms with van der Waals surface area (Å²) >= 11 is 0. The molecule has 110 valence electrons. The number of carbonyl (C=O) groups is 1. The van der Waals surface area contributed by atoms with Crippen LogP contribution in [0, 0.1) is 0 Å². The topological polar surface area (TPSA) is 77.2 Å². The van der Waals surface area contributed by atoms with Gasteiger partial charge in [-0.25, -0.2) is 4.79 Å². The molecule has 0 aliphatic rings. The molecule has 2 rings (SSSR count). The second-order valence-corrected chi connectivity index (χ2v) is 4.49. The quantitative estimate of drug-likeness (QED) is 0.630. The van der Waals surface area contributed by atoms with Gasteiger partial charge in [-0.1, -0.05) is 12.1 Å². The van der Waals surface area contributed by atoms with Gasteiger partial charge in [-0.2, -0.15) is 0 Å². The molecular formula is C16H19N3O2. The van der Waals surface area contributed by atoms with Crippen molar-refractivity contribution in [3.05, 3.63) is 53.9 Å². The Bertz CT molecular complexity index is 600. The van der Waals surface area contributed by atoms with Crippen molar-refractivity contribution in [2.45, 2.75) is 13.3 Å². The third-order valence-corrected chi connectivity index (χ3v) is 3.00. The number of nitrogens with one attached hydrogen (secondary N) is 1. The largest absolute Gasteiger partial charge is 0.462 e. The number of nitrogen functional groups attached to an aromatic ring is 1. The molecular weight excluding hydrogens is 266 g/mol. The number of esters is 1. The fourth-order valence-electron chi connectivity index (χ4n) is 2.01. The summed E-state index contributed by atoms with van der Waals surface area (Å²) in [6.45, 7) is 2.75. The minimum absolute atomic E-state index is 0.334. The van der Waals surface area contributed by atoms with Crippen molar-refractivity contribution < 1.29 is 9.53 Å². The van der Waals surface area contributed by atoms with Gasteiger partial charge in [-0.05, 0) is 31.2 Å². The van der Waals surface area contributed by atoms with Crippen molar-refractivity contribution in [3.63, 3.8) is 0 Å². The highest BCUT2D eigenvalue weighted by atomic mass is 16.5. The van der Waals surface area contributed by atoms with Gasteiger partial charge < -0.3 is 15.8 Å². The first-order chi connectivity index (χ1) is 10.2. The van der Waals surface area contributed by atoms with Crippen molar-refractivity contribution in [2.75, 3.05) is 24.2 Å². The van der Waals surface area contributed by atoms with Gasteiger partial charge in [0, 0.05) is 24.9 Å². The second-order valence-electron chi connectivity index (χ2n) is 4.49. The molecule has 0 amide bonds. The van der Waals surface area contributed by atoms with E-state index in [0.717, 1.165) is 12.1 Å². The van der Waals surface area contributed by atoms with Gasteiger partial charge in [0.15, 0.2) is 0 Å².